The Morgan fingerprint density at radius 1 is 1.29 bits per heavy atom. The summed E-state index contributed by atoms with van der Waals surface area (Å²) in [5.41, 5.74) is 8.92. The number of non-ortho nitro benzene ring substituents is 1. The van der Waals surface area contributed by atoms with Gasteiger partial charge in [-0.05, 0) is 41.7 Å². The van der Waals surface area contributed by atoms with Crippen molar-refractivity contribution in [2.75, 3.05) is 0 Å². The van der Waals surface area contributed by atoms with E-state index >= 15 is 0 Å². The van der Waals surface area contributed by atoms with Crippen molar-refractivity contribution in [3.8, 4) is 0 Å². The SMILES string of the molecule is CCc1ccc([N+](=O)[O-])cc1C(N)c1ccc(C)c(F)c1. The first-order chi connectivity index (χ1) is 9.93. The van der Waals surface area contributed by atoms with E-state index in [4.69, 9.17) is 5.73 Å². The van der Waals surface area contributed by atoms with Gasteiger partial charge in [0.25, 0.3) is 5.69 Å². The van der Waals surface area contributed by atoms with Crippen molar-refractivity contribution in [2.45, 2.75) is 26.3 Å². The second-order valence-corrected chi connectivity index (χ2v) is 4.98. The molecule has 1 atom stereocenters. The Morgan fingerprint density at radius 3 is 2.57 bits per heavy atom. The predicted octanol–water partition coefficient (Wildman–Crippen LogP) is 3.65. The van der Waals surface area contributed by atoms with Gasteiger partial charge in [0.2, 0.25) is 0 Å². The van der Waals surface area contributed by atoms with Gasteiger partial charge in [-0.25, -0.2) is 4.39 Å². The minimum absolute atomic E-state index is 0.00904. The number of nitro benzene ring substituents is 1. The largest absolute Gasteiger partial charge is 0.320 e. The van der Waals surface area contributed by atoms with E-state index in [0.29, 0.717) is 23.1 Å². The summed E-state index contributed by atoms with van der Waals surface area (Å²) in [5, 5.41) is 10.9. The van der Waals surface area contributed by atoms with Crippen LogP contribution in [0.1, 0.15) is 35.2 Å². The van der Waals surface area contributed by atoms with Crippen molar-refractivity contribution in [3.63, 3.8) is 0 Å². The number of halogens is 1. The molecule has 0 saturated carbocycles. The molecule has 0 aliphatic rings. The van der Waals surface area contributed by atoms with E-state index < -0.39 is 11.0 Å². The fraction of sp³-hybridized carbons (Fsp3) is 0.250. The highest BCUT2D eigenvalue weighted by Crippen LogP contribution is 2.28. The summed E-state index contributed by atoms with van der Waals surface area (Å²) in [6.07, 6.45) is 0.704. The lowest BCUT2D eigenvalue weighted by Gasteiger charge is -2.16. The number of nitro groups is 1. The van der Waals surface area contributed by atoms with E-state index in [9.17, 15) is 14.5 Å². The summed E-state index contributed by atoms with van der Waals surface area (Å²) >= 11 is 0. The fourth-order valence-corrected chi connectivity index (χ4v) is 2.29. The zero-order valence-corrected chi connectivity index (χ0v) is 12.0. The summed E-state index contributed by atoms with van der Waals surface area (Å²) in [4.78, 5) is 10.5. The zero-order chi connectivity index (χ0) is 15.6. The van der Waals surface area contributed by atoms with Gasteiger partial charge < -0.3 is 5.73 Å². The second-order valence-electron chi connectivity index (χ2n) is 4.98. The highest BCUT2D eigenvalue weighted by Gasteiger charge is 2.17. The second kappa shape index (κ2) is 6.01. The van der Waals surface area contributed by atoms with Crippen LogP contribution in [0.3, 0.4) is 0 Å². The molecule has 0 fully saturated rings. The number of hydrogen-bond acceptors (Lipinski definition) is 3. The molecular weight excluding hydrogens is 271 g/mol. The molecule has 2 aromatic carbocycles. The van der Waals surface area contributed by atoms with E-state index in [0.717, 1.165) is 5.56 Å². The number of nitrogens with zero attached hydrogens (tertiary/aromatic N) is 1. The Hall–Kier alpha value is -2.27. The molecule has 1 unspecified atom stereocenters. The molecule has 5 heteroatoms. The molecule has 2 aromatic rings. The van der Waals surface area contributed by atoms with Crippen molar-refractivity contribution in [2.24, 2.45) is 5.73 Å². The van der Waals surface area contributed by atoms with Crippen molar-refractivity contribution < 1.29 is 9.31 Å². The van der Waals surface area contributed by atoms with Crippen LogP contribution in [-0.4, -0.2) is 4.92 Å². The fourth-order valence-electron chi connectivity index (χ4n) is 2.29. The Kier molecular flexibility index (Phi) is 4.33. The van der Waals surface area contributed by atoms with E-state index in [-0.39, 0.29) is 11.5 Å². The van der Waals surface area contributed by atoms with Crippen LogP contribution in [0, 0.1) is 22.9 Å². The van der Waals surface area contributed by atoms with Crippen LogP contribution in [0.2, 0.25) is 0 Å². The number of nitrogens with two attached hydrogens (primary N) is 1. The number of rotatable bonds is 4. The lowest BCUT2D eigenvalue weighted by atomic mass is 9.93. The Labute approximate surface area is 122 Å². The Bertz CT molecular complexity index is 686. The third kappa shape index (κ3) is 3.08. The average Bonchev–Trinajstić information content (AvgIpc) is 2.48. The van der Waals surface area contributed by atoms with Gasteiger partial charge >= 0.3 is 0 Å². The molecule has 110 valence electrons. The normalized spacial score (nSPS) is 12.2. The maximum atomic E-state index is 13.7. The van der Waals surface area contributed by atoms with Gasteiger partial charge in [-0.3, -0.25) is 10.1 Å². The van der Waals surface area contributed by atoms with Gasteiger partial charge in [0, 0.05) is 12.1 Å². The van der Waals surface area contributed by atoms with Gasteiger partial charge in [0.15, 0.2) is 0 Å². The van der Waals surface area contributed by atoms with Gasteiger partial charge in [-0.2, -0.15) is 0 Å². The molecular formula is C16H17FN2O2. The van der Waals surface area contributed by atoms with Crippen molar-refractivity contribution in [1.29, 1.82) is 0 Å². The minimum Gasteiger partial charge on any atom is -0.320 e. The summed E-state index contributed by atoms with van der Waals surface area (Å²) in [5.74, 6) is -0.327. The van der Waals surface area contributed by atoms with Crippen LogP contribution < -0.4 is 5.73 Å². The third-order valence-electron chi connectivity index (χ3n) is 3.61. The predicted molar refractivity (Wildman–Crippen MR) is 79.6 cm³/mol. The average molecular weight is 288 g/mol. The smallest absolute Gasteiger partial charge is 0.269 e. The van der Waals surface area contributed by atoms with Crippen LogP contribution >= 0.6 is 0 Å². The van der Waals surface area contributed by atoms with E-state index in [1.807, 2.05) is 6.92 Å². The maximum absolute atomic E-state index is 13.7. The summed E-state index contributed by atoms with van der Waals surface area (Å²) in [6, 6.07) is 8.85. The monoisotopic (exact) mass is 288 g/mol. The molecule has 0 amide bonds. The van der Waals surface area contributed by atoms with Crippen LogP contribution in [-0.2, 0) is 6.42 Å². The summed E-state index contributed by atoms with van der Waals surface area (Å²) in [6.45, 7) is 3.63. The summed E-state index contributed by atoms with van der Waals surface area (Å²) in [7, 11) is 0. The van der Waals surface area contributed by atoms with E-state index in [2.05, 4.69) is 0 Å². The van der Waals surface area contributed by atoms with Crippen LogP contribution in [0.15, 0.2) is 36.4 Å². The minimum atomic E-state index is -0.588. The molecule has 21 heavy (non-hydrogen) atoms. The van der Waals surface area contributed by atoms with Crippen LogP contribution in [0.5, 0.6) is 0 Å². The van der Waals surface area contributed by atoms with Crippen molar-refractivity contribution in [3.05, 3.63) is 74.6 Å². The molecule has 0 saturated heterocycles. The summed E-state index contributed by atoms with van der Waals surface area (Å²) < 4.78 is 13.7. The first-order valence-corrected chi connectivity index (χ1v) is 6.73. The standard InChI is InChI=1S/C16H17FN2O2/c1-3-11-6-7-13(19(20)21)9-14(11)16(18)12-5-4-10(2)15(17)8-12/h4-9,16H,3,18H2,1-2H3. The number of hydrogen-bond donors (Lipinski definition) is 1. The molecule has 0 aliphatic carbocycles. The number of benzene rings is 2. The van der Waals surface area contributed by atoms with E-state index in [1.54, 1.807) is 25.1 Å². The quantitative estimate of drug-likeness (QED) is 0.689. The van der Waals surface area contributed by atoms with Crippen LogP contribution in [0.25, 0.3) is 0 Å². The van der Waals surface area contributed by atoms with Gasteiger partial charge in [0.05, 0.1) is 11.0 Å². The van der Waals surface area contributed by atoms with Crippen molar-refractivity contribution >= 4 is 5.69 Å². The number of aryl methyl sites for hydroxylation is 2. The van der Waals surface area contributed by atoms with Crippen LogP contribution in [0.4, 0.5) is 10.1 Å². The topological polar surface area (TPSA) is 69.2 Å². The molecule has 0 aromatic heterocycles. The highest BCUT2D eigenvalue weighted by molar-refractivity contribution is 5.45. The maximum Gasteiger partial charge on any atom is 0.269 e. The van der Waals surface area contributed by atoms with Gasteiger partial charge in [-0.15, -0.1) is 0 Å². The van der Waals surface area contributed by atoms with Crippen molar-refractivity contribution in [1.82, 2.24) is 0 Å². The molecule has 0 heterocycles. The Balaban J connectivity index is 2.50. The first kappa shape index (κ1) is 15.1. The Morgan fingerprint density at radius 2 is 2.00 bits per heavy atom. The molecule has 0 bridgehead atoms. The molecule has 4 nitrogen and oxygen atoms in total. The zero-order valence-electron chi connectivity index (χ0n) is 12.0. The van der Waals surface area contributed by atoms with Gasteiger partial charge in [-0.1, -0.05) is 25.1 Å². The van der Waals surface area contributed by atoms with E-state index in [1.165, 1.54) is 18.2 Å². The third-order valence-corrected chi connectivity index (χ3v) is 3.61. The molecule has 0 spiro atoms. The first-order valence-electron chi connectivity index (χ1n) is 6.73. The lowest BCUT2D eigenvalue weighted by molar-refractivity contribution is -0.384. The molecule has 2 rings (SSSR count). The molecule has 0 aliphatic heterocycles. The molecule has 2 N–H and O–H groups in total. The highest BCUT2D eigenvalue weighted by atomic mass is 19.1. The molecule has 0 radical (unpaired) electrons. The van der Waals surface area contributed by atoms with Gasteiger partial charge in [0.1, 0.15) is 5.82 Å². The lowest BCUT2D eigenvalue weighted by Crippen LogP contribution is -2.15.